The summed E-state index contributed by atoms with van der Waals surface area (Å²) < 4.78 is 27.3. The molecule has 0 spiro atoms. The van der Waals surface area contributed by atoms with Crippen LogP contribution in [0, 0.1) is 6.92 Å². The van der Waals surface area contributed by atoms with Crippen LogP contribution in [-0.2, 0) is 14.3 Å². The van der Waals surface area contributed by atoms with E-state index >= 15 is 0 Å². The number of rotatable bonds is 8. The molecule has 0 fully saturated rings. The highest BCUT2D eigenvalue weighted by atomic mass is 16.6. The Morgan fingerprint density at radius 1 is 1.00 bits per heavy atom. The van der Waals surface area contributed by atoms with E-state index < -0.39 is 17.5 Å². The van der Waals surface area contributed by atoms with Gasteiger partial charge >= 0.3 is 11.9 Å². The van der Waals surface area contributed by atoms with Crippen molar-refractivity contribution in [3.8, 4) is 17.2 Å². The van der Waals surface area contributed by atoms with Gasteiger partial charge in [0.15, 0.2) is 6.61 Å². The summed E-state index contributed by atoms with van der Waals surface area (Å²) in [6.45, 7) is 8.92. The molecule has 0 saturated carbocycles. The van der Waals surface area contributed by atoms with E-state index in [1.165, 1.54) is 6.07 Å². The number of esters is 2. The molecule has 34 heavy (non-hydrogen) atoms. The first kappa shape index (κ1) is 24.8. The summed E-state index contributed by atoms with van der Waals surface area (Å²) >= 11 is 0. The highest BCUT2D eigenvalue weighted by Gasteiger charge is 2.18. The zero-order chi connectivity index (χ0) is 24.9. The predicted molar refractivity (Wildman–Crippen MR) is 126 cm³/mol. The van der Waals surface area contributed by atoms with E-state index in [0.29, 0.717) is 34.6 Å². The van der Waals surface area contributed by atoms with Gasteiger partial charge in [-0.3, -0.25) is 4.79 Å². The molecule has 0 aliphatic rings. The van der Waals surface area contributed by atoms with Crippen LogP contribution in [0.5, 0.6) is 17.2 Å². The quantitative estimate of drug-likeness (QED) is 0.417. The Morgan fingerprint density at radius 3 is 2.32 bits per heavy atom. The number of hydrogen-bond donors (Lipinski definition) is 0. The van der Waals surface area contributed by atoms with Crippen molar-refractivity contribution in [2.45, 2.75) is 46.6 Å². The molecule has 180 valence electrons. The molecule has 0 unspecified atom stereocenters. The van der Waals surface area contributed by atoms with Crippen LogP contribution in [0.3, 0.4) is 0 Å². The molecule has 0 atom stereocenters. The zero-order valence-electron chi connectivity index (χ0n) is 19.9. The Kier molecular flexibility index (Phi) is 7.61. The molecule has 0 aliphatic carbocycles. The van der Waals surface area contributed by atoms with E-state index in [1.54, 1.807) is 64.1 Å². The molecule has 3 rings (SSSR count). The molecule has 0 radical (unpaired) electrons. The van der Waals surface area contributed by atoms with Gasteiger partial charge in [-0.2, -0.15) is 0 Å². The fourth-order valence-electron chi connectivity index (χ4n) is 3.04. The zero-order valence-corrected chi connectivity index (χ0v) is 19.9. The van der Waals surface area contributed by atoms with Gasteiger partial charge in [-0.15, -0.1) is 0 Å². The van der Waals surface area contributed by atoms with E-state index in [-0.39, 0.29) is 23.5 Å². The number of fused-ring (bicyclic) bond motifs is 1. The number of carbonyl (C=O) groups excluding carboxylic acids is 2. The molecule has 0 amide bonds. The van der Waals surface area contributed by atoms with Crippen LogP contribution in [0.15, 0.2) is 51.7 Å². The van der Waals surface area contributed by atoms with Gasteiger partial charge in [0, 0.05) is 6.07 Å². The van der Waals surface area contributed by atoms with Crippen molar-refractivity contribution in [2.24, 2.45) is 0 Å². The summed E-state index contributed by atoms with van der Waals surface area (Å²) in [6, 6.07) is 11.0. The Hall–Kier alpha value is -3.81. The average Bonchev–Trinajstić information content (AvgIpc) is 2.78. The van der Waals surface area contributed by atoms with Crippen LogP contribution < -0.4 is 14.9 Å². The maximum absolute atomic E-state index is 13.0. The summed E-state index contributed by atoms with van der Waals surface area (Å²) in [5, 5.41) is 0.296. The monoisotopic (exact) mass is 468 g/mol. The maximum atomic E-state index is 13.0. The fraction of sp³-hybridized carbons (Fsp3) is 0.346. The van der Waals surface area contributed by atoms with Gasteiger partial charge < -0.3 is 23.4 Å². The lowest BCUT2D eigenvalue weighted by molar-refractivity contribution is -0.157. The standard InChI is InChI=1S/C26H28O8/c1-6-13-30-25(29)17-7-9-18(10-8-17)33-24-16(2)32-21-14-19(11-12-20(21)23(24)28)31-15-22(27)34-26(3,4)5/h7-12,14H,6,13,15H2,1-5H3. The molecule has 2 aromatic carbocycles. The van der Waals surface area contributed by atoms with Crippen LogP contribution in [0.2, 0.25) is 0 Å². The first-order valence-corrected chi connectivity index (χ1v) is 10.9. The molecule has 1 aromatic heterocycles. The lowest BCUT2D eigenvalue weighted by Crippen LogP contribution is -2.27. The third-order valence-corrected chi connectivity index (χ3v) is 4.51. The van der Waals surface area contributed by atoms with Gasteiger partial charge in [-0.1, -0.05) is 6.92 Å². The van der Waals surface area contributed by atoms with Gasteiger partial charge in [0.25, 0.3) is 0 Å². The second-order valence-corrected chi connectivity index (χ2v) is 8.61. The normalized spacial score (nSPS) is 11.2. The molecular formula is C26H28O8. The lowest BCUT2D eigenvalue weighted by Gasteiger charge is -2.19. The van der Waals surface area contributed by atoms with Crippen LogP contribution in [0.25, 0.3) is 11.0 Å². The van der Waals surface area contributed by atoms with E-state index in [1.807, 2.05) is 6.92 Å². The third kappa shape index (κ3) is 6.37. The highest BCUT2D eigenvalue weighted by Crippen LogP contribution is 2.27. The first-order chi connectivity index (χ1) is 16.1. The van der Waals surface area contributed by atoms with E-state index in [4.69, 9.17) is 23.4 Å². The molecule has 0 aliphatic heterocycles. The van der Waals surface area contributed by atoms with Gasteiger partial charge in [0.2, 0.25) is 11.2 Å². The predicted octanol–water partition coefficient (Wildman–Crippen LogP) is 5.18. The minimum atomic E-state index is -0.608. The van der Waals surface area contributed by atoms with Gasteiger partial charge in [-0.25, -0.2) is 9.59 Å². The molecule has 1 heterocycles. The minimum Gasteiger partial charge on any atom is -0.482 e. The number of benzene rings is 2. The summed E-state index contributed by atoms with van der Waals surface area (Å²) in [4.78, 5) is 36.8. The van der Waals surface area contributed by atoms with Crippen molar-refractivity contribution in [3.05, 3.63) is 64.0 Å². The van der Waals surface area contributed by atoms with E-state index in [2.05, 4.69) is 0 Å². The molecular weight excluding hydrogens is 440 g/mol. The van der Waals surface area contributed by atoms with Crippen molar-refractivity contribution < 1.29 is 33.0 Å². The molecule has 0 saturated heterocycles. The highest BCUT2D eigenvalue weighted by molar-refractivity contribution is 5.89. The first-order valence-electron chi connectivity index (χ1n) is 10.9. The van der Waals surface area contributed by atoms with Gasteiger partial charge in [0.1, 0.15) is 28.4 Å². The molecule has 8 heteroatoms. The van der Waals surface area contributed by atoms with Crippen LogP contribution in [0.4, 0.5) is 0 Å². The second kappa shape index (κ2) is 10.4. The lowest BCUT2D eigenvalue weighted by atomic mass is 10.2. The summed E-state index contributed by atoms with van der Waals surface area (Å²) in [7, 11) is 0. The maximum Gasteiger partial charge on any atom is 0.344 e. The third-order valence-electron chi connectivity index (χ3n) is 4.51. The van der Waals surface area contributed by atoms with E-state index in [0.717, 1.165) is 6.42 Å². The molecule has 0 N–H and O–H groups in total. The van der Waals surface area contributed by atoms with Crippen molar-refractivity contribution >= 4 is 22.9 Å². The van der Waals surface area contributed by atoms with Gasteiger partial charge in [-0.05, 0) is 70.5 Å². The molecule has 3 aromatic rings. The van der Waals surface area contributed by atoms with Crippen molar-refractivity contribution in [3.63, 3.8) is 0 Å². The second-order valence-electron chi connectivity index (χ2n) is 8.61. The van der Waals surface area contributed by atoms with E-state index in [9.17, 15) is 14.4 Å². The van der Waals surface area contributed by atoms with Crippen molar-refractivity contribution in [1.82, 2.24) is 0 Å². The number of ether oxygens (including phenoxy) is 4. The fourth-order valence-corrected chi connectivity index (χ4v) is 3.04. The Labute approximate surface area is 197 Å². The van der Waals surface area contributed by atoms with Crippen LogP contribution in [-0.4, -0.2) is 30.8 Å². The van der Waals surface area contributed by atoms with Crippen LogP contribution >= 0.6 is 0 Å². The Balaban J connectivity index is 1.76. The average molecular weight is 469 g/mol. The SMILES string of the molecule is CCCOC(=O)c1ccc(Oc2c(C)oc3cc(OCC(=O)OC(C)(C)C)ccc3c2=O)cc1. The minimum absolute atomic E-state index is 0.0382. The smallest absolute Gasteiger partial charge is 0.344 e. The van der Waals surface area contributed by atoms with Crippen molar-refractivity contribution in [2.75, 3.05) is 13.2 Å². The van der Waals surface area contributed by atoms with Gasteiger partial charge in [0.05, 0.1) is 17.6 Å². The summed E-state index contributed by atoms with van der Waals surface area (Å²) in [5.74, 6) is 0.127. The topological polar surface area (TPSA) is 101 Å². The van der Waals surface area contributed by atoms with Crippen molar-refractivity contribution in [1.29, 1.82) is 0 Å². The molecule has 8 nitrogen and oxygen atoms in total. The number of aryl methyl sites for hydroxylation is 1. The Bertz CT molecular complexity index is 1230. The number of hydrogen-bond acceptors (Lipinski definition) is 8. The summed E-state index contributed by atoms with van der Waals surface area (Å²) in [6.07, 6.45) is 0.737. The largest absolute Gasteiger partial charge is 0.482 e. The molecule has 0 bridgehead atoms. The number of carbonyl (C=O) groups is 2. The Morgan fingerprint density at radius 2 is 1.68 bits per heavy atom. The summed E-state index contributed by atoms with van der Waals surface area (Å²) in [5.41, 5.74) is -0.278. The van der Waals surface area contributed by atoms with Crippen LogP contribution in [0.1, 0.15) is 50.2 Å².